The molecule has 0 heterocycles. The number of hydrogen-bond donors (Lipinski definition) is 1. The molecule has 0 amide bonds. The minimum atomic E-state index is -3.48. The summed E-state index contributed by atoms with van der Waals surface area (Å²) in [4.78, 5) is 28.5. The summed E-state index contributed by atoms with van der Waals surface area (Å²) >= 11 is 5.00. The molecule has 0 saturated carbocycles. The van der Waals surface area contributed by atoms with Crippen LogP contribution in [0.25, 0.3) is 0 Å². The predicted octanol–water partition coefficient (Wildman–Crippen LogP) is 2.43. The molecule has 11 nitrogen and oxygen atoms in total. The highest BCUT2D eigenvalue weighted by Crippen LogP contribution is 2.29. The molecule has 0 aliphatic rings. The molecule has 0 radical (unpaired) electrons. The van der Waals surface area contributed by atoms with E-state index in [9.17, 15) is 34.7 Å². The van der Waals surface area contributed by atoms with Gasteiger partial charge in [0.2, 0.25) is 0 Å². The van der Waals surface area contributed by atoms with Crippen molar-refractivity contribution in [1.82, 2.24) is 0 Å². The van der Waals surface area contributed by atoms with E-state index in [1.165, 1.54) is 0 Å². The second kappa shape index (κ2) is 6.26. The highest BCUT2D eigenvalue weighted by molar-refractivity contribution is 6.33. The van der Waals surface area contributed by atoms with Gasteiger partial charge in [0.05, 0.1) is 20.8 Å². The van der Waals surface area contributed by atoms with Gasteiger partial charge in [-0.05, 0) is 13.0 Å². The first-order chi connectivity index (χ1) is 10.1. The SMILES string of the molecule is C/C(=N/Nc1ccc([N+](=O)[O-])cc1[N+](=O)[O-])C(F)(Cl)[N+](=O)[O-]. The molecule has 13 heteroatoms. The van der Waals surface area contributed by atoms with Crippen LogP contribution in [0.3, 0.4) is 0 Å². The first-order valence-corrected chi connectivity index (χ1v) is 5.71. The Morgan fingerprint density at radius 2 is 1.86 bits per heavy atom. The van der Waals surface area contributed by atoms with Gasteiger partial charge in [0.1, 0.15) is 5.69 Å². The number of nitro groups is 3. The lowest BCUT2D eigenvalue weighted by Gasteiger charge is -2.08. The number of rotatable bonds is 6. The van der Waals surface area contributed by atoms with Gasteiger partial charge in [0, 0.05) is 17.7 Å². The minimum Gasteiger partial charge on any atom is -0.271 e. The van der Waals surface area contributed by atoms with Crippen LogP contribution in [0.4, 0.5) is 21.5 Å². The number of anilines is 1. The van der Waals surface area contributed by atoms with Crippen molar-refractivity contribution in [2.45, 2.75) is 12.2 Å². The number of halogens is 2. The van der Waals surface area contributed by atoms with Gasteiger partial charge in [-0.2, -0.15) is 5.10 Å². The monoisotopic (exact) mass is 335 g/mol. The molecule has 1 N–H and O–H groups in total. The second-order valence-electron chi connectivity index (χ2n) is 3.82. The Labute approximate surface area is 125 Å². The Morgan fingerprint density at radius 3 is 2.32 bits per heavy atom. The number of hydrazone groups is 1. The molecule has 0 fully saturated rings. The molecule has 1 atom stereocenters. The van der Waals surface area contributed by atoms with E-state index >= 15 is 0 Å². The zero-order valence-electron chi connectivity index (χ0n) is 10.7. The molecule has 0 aromatic heterocycles. The molecule has 0 bridgehead atoms. The third kappa shape index (κ3) is 3.60. The van der Waals surface area contributed by atoms with Crippen molar-refractivity contribution in [2.75, 3.05) is 5.43 Å². The summed E-state index contributed by atoms with van der Waals surface area (Å²) in [7, 11) is 0. The van der Waals surface area contributed by atoms with E-state index in [1.54, 1.807) is 0 Å². The smallest absolute Gasteiger partial charge is 0.271 e. The Kier molecular flexibility index (Phi) is 4.88. The molecule has 1 rings (SSSR count). The minimum absolute atomic E-state index is 0.328. The van der Waals surface area contributed by atoms with E-state index in [0.717, 1.165) is 19.1 Å². The lowest BCUT2D eigenvalue weighted by molar-refractivity contribution is -0.551. The van der Waals surface area contributed by atoms with Gasteiger partial charge in [-0.3, -0.25) is 35.8 Å². The van der Waals surface area contributed by atoms with Crippen molar-refractivity contribution in [1.29, 1.82) is 0 Å². The first-order valence-electron chi connectivity index (χ1n) is 5.33. The summed E-state index contributed by atoms with van der Waals surface area (Å²) in [6.07, 6.45) is 0. The van der Waals surface area contributed by atoms with Gasteiger partial charge in [-0.25, -0.2) is 0 Å². The predicted molar refractivity (Wildman–Crippen MR) is 73.2 cm³/mol. The molecule has 118 valence electrons. The summed E-state index contributed by atoms with van der Waals surface area (Å²) in [5, 5.41) is 31.5. The van der Waals surface area contributed by atoms with Crippen molar-refractivity contribution in [3.8, 4) is 0 Å². The summed E-state index contributed by atoms with van der Waals surface area (Å²) in [6, 6.07) is 2.55. The van der Waals surface area contributed by atoms with Gasteiger partial charge in [0.25, 0.3) is 5.69 Å². The highest BCUT2D eigenvalue weighted by Gasteiger charge is 2.45. The van der Waals surface area contributed by atoms with Crippen molar-refractivity contribution in [2.24, 2.45) is 5.10 Å². The number of nitrogens with one attached hydrogen (secondary N) is 1. The summed E-state index contributed by atoms with van der Waals surface area (Å²) < 4.78 is 13.4. The number of hydrogen-bond acceptors (Lipinski definition) is 8. The van der Waals surface area contributed by atoms with Gasteiger partial charge >= 0.3 is 10.9 Å². The summed E-state index contributed by atoms with van der Waals surface area (Å²) in [5.74, 6) is 0. The Morgan fingerprint density at radius 1 is 1.27 bits per heavy atom. The Hall–Kier alpha value is -2.89. The van der Waals surface area contributed by atoms with E-state index in [0.29, 0.717) is 6.07 Å². The molecule has 22 heavy (non-hydrogen) atoms. The fourth-order valence-electron chi connectivity index (χ4n) is 1.22. The molecule has 0 aliphatic heterocycles. The largest absolute Gasteiger partial charge is 0.479 e. The fraction of sp³-hybridized carbons (Fsp3) is 0.222. The molecule has 0 aliphatic carbocycles. The van der Waals surface area contributed by atoms with Gasteiger partial charge in [-0.15, -0.1) is 4.39 Å². The third-order valence-electron chi connectivity index (χ3n) is 2.40. The van der Waals surface area contributed by atoms with Crippen LogP contribution in [-0.2, 0) is 0 Å². The number of alkyl halides is 2. The van der Waals surface area contributed by atoms with Crippen molar-refractivity contribution in [3.05, 3.63) is 48.5 Å². The van der Waals surface area contributed by atoms with Crippen LogP contribution in [0.15, 0.2) is 23.3 Å². The first kappa shape index (κ1) is 17.2. The molecule has 1 aromatic carbocycles. The van der Waals surface area contributed by atoms with Crippen LogP contribution >= 0.6 is 11.6 Å². The normalized spacial score (nSPS) is 14.0. The Bertz CT molecular complexity index is 678. The highest BCUT2D eigenvalue weighted by atomic mass is 35.5. The maximum absolute atomic E-state index is 13.4. The molecular weight excluding hydrogens is 329 g/mol. The lowest BCUT2D eigenvalue weighted by atomic mass is 10.2. The van der Waals surface area contributed by atoms with Crippen LogP contribution in [-0.4, -0.2) is 25.7 Å². The van der Waals surface area contributed by atoms with Crippen LogP contribution in [0, 0.1) is 30.3 Å². The molecule has 0 spiro atoms. The van der Waals surface area contributed by atoms with E-state index in [1.807, 2.05) is 5.43 Å². The van der Waals surface area contributed by atoms with E-state index in [2.05, 4.69) is 5.10 Å². The third-order valence-corrected chi connectivity index (χ3v) is 2.81. The molecule has 1 unspecified atom stereocenters. The van der Waals surface area contributed by atoms with Crippen molar-refractivity contribution < 1.29 is 19.2 Å². The zero-order chi connectivity index (χ0) is 17.1. The Balaban J connectivity index is 3.16. The lowest BCUT2D eigenvalue weighted by Crippen LogP contribution is -2.34. The number of nitrogens with zero attached hydrogens (tertiary/aromatic N) is 4. The number of non-ortho nitro benzene ring substituents is 1. The van der Waals surface area contributed by atoms with E-state index < -0.39 is 37.1 Å². The molecule has 1 aromatic rings. The maximum atomic E-state index is 13.4. The average Bonchev–Trinajstić information content (AvgIpc) is 2.43. The zero-order valence-corrected chi connectivity index (χ0v) is 11.5. The topological polar surface area (TPSA) is 154 Å². The maximum Gasteiger partial charge on any atom is 0.479 e. The second-order valence-corrected chi connectivity index (χ2v) is 4.32. The van der Waals surface area contributed by atoms with Crippen LogP contribution in [0.5, 0.6) is 0 Å². The fourth-order valence-corrected chi connectivity index (χ4v) is 1.26. The molecular formula is C9H7ClFN5O6. The van der Waals surface area contributed by atoms with Crippen molar-refractivity contribution in [3.63, 3.8) is 0 Å². The quantitative estimate of drug-likeness (QED) is 0.275. The number of benzene rings is 1. The van der Waals surface area contributed by atoms with Crippen LogP contribution in [0.1, 0.15) is 6.92 Å². The number of nitro benzene ring substituents is 2. The standard InChI is InChI=1S/C9H7ClFN5O6/c1-5(9(10,11)16(21)22)12-13-7-3-2-6(14(17)18)4-8(7)15(19)20/h2-4,13H,1H3/b12-5-. The van der Waals surface area contributed by atoms with E-state index in [-0.39, 0.29) is 5.69 Å². The molecule has 0 saturated heterocycles. The summed E-state index contributed by atoms with van der Waals surface area (Å²) in [5.41, 5.74) is -0.383. The summed E-state index contributed by atoms with van der Waals surface area (Å²) in [6.45, 7) is 0.889. The van der Waals surface area contributed by atoms with E-state index in [4.69, 9.17) is 11.6 Å². The van der Waals surface area contributed by atoms with Gasteiger partial charge < -0.3 is 0 Å². The van der Waals surface area contributed by atoms with Crippen molar-refractivity contribution >= 4 is 34.4 Å². The van der Waals surface area contributed by atoms with Crippen LogP contribution < -0.4 is 5.43 Å². The average molecular weight is 336 g/mol. The van der Waals surface area contributed by atoms with Gasteiger partial charge in [0.15, 0.2) is 5.71 Å². The van der Waals surface area contributed by atoms with Gasteiger partial charge in [-0.1, -0.05) is 0 Å². The van der Waals surface area contributed by atoms with Crippen LogP contribution in [0.2, 0.25) is 0 Å².